The molecule has 122 valence electrons. The molecule has 7 heteroatoms. The Labute approximate surface area is 135 Å². The molecule has 2 N–H and O–H groups in total. The van der Waals surface area contributed by atoms with E-state index in [1.807, 2.05) is 24.3 Å². The lowest BCUT2D eigenvalue weighted by Crippen LogP contribution is -2.41. The highest BCUT2D eigenvalue weighted by atomic mass is 16.2. The molecule has 2 aromatic rings. The first kappa shape index (κ1) is 15.5. The normalized spacial score (nSPS) is 18.0. The largest absolute Gasteiger partial charge is 0.336 e. The minimum Gasteiger partial charge on any atom is -0.336 e. The van der Waals surface area contributed by atoms with E-state index >= 15 is 0 Å². The van der Waals surface area contributed by atoms with Gasteiger partial charge in [-0.15, -0.1) is 0 Å². The molecule has 23 heavy (non-hydrogen) atoms. The first-order valence-electron chi connectivity index (χ1n) is 8.00. The number of aromatic nitrogens is 3. The zero-order valence-electron chi connectivity index (χ0n) is 13.3. The molecule has 7 nitrogen and oxygen atoms in total. The number of anilines is 1. The summed E-state index contributed by atoms with van der Waals surface area (Å²) in [5.74, 6) is 0. The Hall–Kier alpha value is -2.41. The van der Waals surface area contributed by atoms with Gasteiger partial charge in [0.1, 0.15) is 12.7 Å². The Morgan fingerprint density at radius 1 is 1.43 bits per heavy atom. The average Bonchev–Trinajstić information content (AvgIpc) is 3.24. The number of rotatable bonds is 5. The van der Waals surface area contributed by atoms with Crippen molar-refractivity contribution in [3.63, 3.8) is 0 Å². The number of carbonyl (C=O) groups excluding carboxylic acids is 1. The third-order valence-electron chi connectivity index (χ3n) is 4.19. The molecule has 1 aromatic carbocycles. The highest BCUT2D eigenvalue weighted by molar-refractivity contribution is 5.89. The monoisotopic (exact) mass is 314 g/mol. The molecule has 1 unspecified atom stereocenters. The number of benzene rings is 1. The second-order valence-corrected chi connectivity index (χ2v) is 5.65. The minimum absolute atomic E-state index is 0.177. The van der Waals surface area contributed by atoms with Crippen molar-refractivity contribution < 1.29 is 4.79 Å². The van der Waals surface area contributed by atoms with Gasteiger partial charge in [0.15, 0.2) is 0 Å². The number of nitrogens with zero attached hydrogens (tertiary/aromatic N) is 4. The summed E-state index contributed by atoms with van der Waals surface area (Å²) in [7, 11) is 0. The number of amides is 2. The Morgan fingerprint density at radius 2 is 2.35 bits per heavy atom. The van der Waals surface area contributed by atoms with Crippen LogP contribution in [0.3, 0.4) is 0 Å². The van der Waals surface area contributed by atoms with Crippen molar-refractivity contribution >= 4 is 11.7 Å². The predicted octanol–water partition coefficient (Wildman–Crippen LogP) is 1.87. The van der Waals surface area contributed by atoms with E-state index in [4.69, 9.17) is 0 Å². The molecule has 0 aliphatic carbocycles. The Kier molecular flexibility index (Phi) is 4.87. The zero-order valence-corrected chi connectivity index (χ0v) is 13.3. The summed E-state index contributed by atoms with van der Waals surface area (Å²) in [4.78, 5) is 18.4. The molecule has 1 aromatic heterocycles. The van der Waals surface area contributed by atoms with Crippen LogP contribution in [0.25, 0.3) is 5.69 Å². The van der Waals surface area contributed by atoms with Crippen molar-refractivity contribution in [3.8, 4) is 5.69 Å². The van der Waals surface area contributed by atoms with Crippen molar-refractivity contribution in [2.45, 2.75) is 25.8 Å². The Bertz CT molecular complexity index is 642. The van der Waals surface area contributed by atoms with Gasteiger partial charge in [0.05, 0.1) is 5.69 Å². The summed E-state index contributed by atoms with van der Waals surface area (Å²) in [6.45, 7) is 5.01. The van der Waals surface area contributed by atoms with E-state index < -0.39 is 0 Å². The molecule has 1 aliphatic rings. The number of carbonyl (C=O) groups is 1. The van der Waals surface area contributed by atoms with Gasteiger partial charge < -0.3 is 10.6 Å². The van der Waals surface area contributed by atoms with Crippen molar-refractivity contribution in [1.29, 1.82) is 0 Å². The molecular weight excluding hydrogens is 292 g/mol. The number of urea groups is 1. The molecule has 1 atom stereocenters. The molecule has 1 saturated heterocycles. The van der Waals surface area contributed by atoms with Gasteiger partial charge in [0.25, 0.3) is 0 Å². The van der Waals surface area contributed by atoms with Crippen LogP contribution in [0, 0.1) is 0 Å². The topological polar surface area (TPSA) is 75.1 Å². The quantitative estimate of drug-likeness (QED) is 0.883. The SMILES string of the molecule is CCN1CCCC1CNC(=O)Nc1cccc(-n2cncn2)c1. The summed E-state index contributed by atoms with van der Waals surface area (Å²) in [5, 5.41) is 9.92. The second kappa shape index (κ2) is 7.23. The smallest absolute Gasteiger partial charge is 0.319 e. The highest BCUT2D eigenvalue weighted by Crippen LogP contribution is 2.16. The maximum Gasteiger partial charge on any atom is 0.319 e. The van der Waals surface area contributed by atoms with Crippen LogP contribution in [0.15, 0.2) is 36.9 Å². The first-order valence-corrected chi connectivity index (χ1v) is 8.00. The van der Waals surface area contributed by atoms with E-state index in [-0.39, 0.29) is 6.03 Å². The average molecular weight is 314 g/mol. The highest BCUT2D eigenvalue weighted by Gasteiger charge is 2.23. The van der Waals surface area contributed by atoms with E-state index in [1.165, 1.54) is 12.7 Å². The fourth-order valence-electron chi connectivity index (χ4n) is 3.00. The molecule has 1 fully saturated rings. The van der Waals surface area contributed by atoms with E-state index in [0.717, 1.165) is 30.9 Å². The third-order valence-corrected chi connectivity index (χ3v) is 4.19. The lowest BCUT2D eigenvalue weighted by atomic mass is 10.2. The summed E-state index contributed by atoms with van der Waals surface area (Å²) in [6.07, 6.45) is 5.46. The minimum atomic E-state index is -0.177. The maximum atomic E-state index is 12.1. The van der Waals surface area contributed by atoms with Crippen LogP contribution in [0.4, 0.5) is 10.5 Å². The van der Waals surface area contributed by atoms with Crippen LogP contribution in [0.2, 0.25) is 0 Å². The second-order valence-electron chi connectivity index (χ2n) is 5.65. The van der Waals surface area contributed by atoms with Gasteiger partial charge in [0, 0.05) is 18.3 Å². The molecule has 2 amide bonds. The molecule has 1 aliphatic heterocycles. The maximum absolute atomic E-state index is 12.1. The van der Waals surface area contributed by atoms with E-state index in [2.05, 4.69) is 32.5 Å². The van der Waals surface area contributed by atoms with E-state index in [1.54, 1.807) is 11.0 Å². The molecule has 3 rings (SSSR count). The molecule has 0 bridgehead atoms. The molecule has 0 spiro atoms. The van der Waals surface area contributed by atoms with Gasteiger partial charge in [-0.3, -0.25) is 4.90 Å². The van der Waals surface area contributed by atoms with Crippen molar-refractivity contribution in [1.82, 2.24) is 25.0 Å². The number of nitrogens with one attached hydrogen (secondary N) is 2. The zero-order chi connectivity index (χ0) is 16.1. The van der Waals surface area contributed by atoms with E-state index in [0.29, 0.717) is 12.6 Å². The van der Waals surface area contributed by atoms with Crippen molar-refractivity contribution in [2.75, 3.05) is 25.0 Å². The lowest BCUT2D eigenvalue weighted by Gasteiger charge is -2.22. The Morgan fingerprint density at radius 3 is 3.13 bits per heavy atom. The van der Waals surface area contributed by atoms with Crippen LogP contribution in [-0.2, 0) is 0 Å². The number of hydrogen-bond acceptors (Lipinski definition) is 4. The molecule has 0 saturated carbocycles. The third kappa shape index (κ3) is 3.87. The van der Waals surface area contributed by atoms with Gasteiger partial charge in [-0.25, -0.2) is 14.5 Å². The number of likely N-dealkylation sites (N-methyl/N-ethyl adjacent to an activating group) is 1. The standard InChI is InChI=1S/C16H22N6O/c1-2-21-8-4-7-15(21)10-18-16(23)20-13-5-3-6-14(9-13)22-12-17-11-19-22/h3,5-6,9,11-12,15H,2,4,7-8,10H2,1H3,(H2,18,20,23). The molecule has 0 radical (unpaired) electrons. The van der Waals surface area contributed by atoms with E-state index in [9.17, 15) is 4.79 Å². The van der Waals surface area contributed by atoms with Gasteiger partial charge in [-0.2, -0.15) is 5.10 Å². The van der Waals surface area contributed by atoms with Crippen LogP contribution >= 0.6 is 0 Å². The summed E-state index contributed by atoms with van der Waals surface area (Å²) < 4.78 is 1.65. The first-order chi connectivity index (χ1) is 11.3. The van der Waals surface area contributed by atoms with Crippen molar-refractivity contribution in [2.24, 2.45) is 0 Å². The lowest BCUT2D eigenvalue weighted by molar-refractivity contribution is 0.238. The molecular formula is C16H22N6O. The summed E-state index contributed by atoms with van der Waals surface area (Å²) in [6, 6.07) is 7.78. The summed E-state index contributed by atoms with van der Waals surface area (Å²) >= 11 is 0. The van der Waals surface area contributed by atoms with Gasteiger partial charge >= 0.3 is 6.03 Å². The summed E-state index contributed by atoms with van der Waals surface area (Å²) in [5.41, 5.74) is 1.59. The predicted molar refractivity (Wildman–Crippen MR) is 88.6 cm³/mol. The van der Waals surface area contributed by atoms with Gasteiger partial charge in [-0.1, -0.05) is 13.0 Å². The van der Waals surface area contributed by atoms with Crippen LogP contribution in [-0.4, -0.2) is 51.4 Å². The van der Waals surface area contributed by atoms with Crippen LogP contribution in [0.5, 0.6) is 0 Å². The fourth-order valence-corrected chi connectivity index (χ4v) is 3.00. The fraction of sp³-hybridized carbons (Fsp3) is 0.438. The Balaban J connectivity index is 1.55. The number of hydrogen-bond donors (Lipinski definition) is 2. The van der Waals surface area contributed by atoms with Crippen LogP contribution in [0.1, 0.15) is 19.8 Å². The number of likely N-dealkylation sites (tertiary alicyclic amines) is 1. The van der Waals surface area contributed by atoms with Crippen LogP contribution < -0.4 is 10.6 Å². The van der Waals surface area contributed by atoms with Crippen molar-refractivity contribution in [3.05, 3.63) is 36.9 Å². The van der Waals surface area contributed by atoms with Gasteiger partial charge in [-0.05, 0) is 44.1 Å². The molecule has 2 heterocycles. The van der Waals surface area contributed by atoms with Gasteiger partial charge in [0.2, 0.25) is 0 Å².